The maximum Gasteiger partial charge on any atom is 0.251 e. The van der Waals surface area contributed by atoms with Gasteiger partial charge in [0.05, 0.1) is 12.6 Å². The van der Waals surface area contributed by atoms with Gasteiger partial charge < -0.3 is 16.0 Å². The van der Waals surface area contributed by atoms with Crippen molar-refractivity contribution in [3.05, 3.63) is 63.6 Å². The van der Waals surface area contributed by atoms with Crippen molar-refractivity contribution < 1.29 is 9.59 Å². The van der Waals surface area contributed by atoms with Crippen LogP contribution in [0.4, 0.5) is 5.69 Å². The molecule has 0 aliphatic heterocycles. The zero-order valence-electron chi connectivity index (χ0n) is 16.1. The third-order valence-corrected chi connectivity index (χ3v) is 4.62. The Morgan fingerprint density at radius 2 is 1.67 bits per heavy atom. The Kier molecular flexibility index (Phi) is 7.42. The van der Waals surface area contributed by atoms with Gasteiger partial charge in [0.25, 0.3) is 5.91 Å². The molecule has 0 fully saturated rings. The predicted molar refractivity (Wildman–Crippen MR) is 113 cm³/mol. The SMILES string of the molecule is Cc1cc(C(=O)NC(C)C)ccc1NCC(=O)NC(C)c1ccc(Br)cc1. The molecule has 0 spiro atoms. The molecule has 2 rings (SSSR count). The number of aryl methyl sites for hydroxylation is 1. The second kappa shape index (κ2) is 9.55. The highest BCUT2D eigenvalue weighted by Crippen LogP contribution is 2.18. The van der Waals surface area contributed by atoms with E-state index in [1.165, 1.54) is 0 Å². The first-order chi connectivity index (χ1) is 12.8. The molecule has 6 heteroatoms. The van der Waals surface area contributed by atoms with Gasteiger partial charge in [-0.05, 0) is 69.2 Å². The number of benzene rings is 2. The maximum atomic E-state index is 12.2. The minimum Gasteiger partial charge on any atom is -0.376 e. The lowest BCUT2D eigenvalue weighted by molar-refractivity contribution is -0.120. The fourth-order valence-electron chi connectivity index (χ4n) is 2.65. The van der Waals surface area contributed by atoms with Crippen molar-refractivity contribution in [3.8, 4) is 0 Å². The van der Waals surface area contributed by atoms with E-state index in [1.807, 2.05) is 64.1 Å². The molecule has 0 radical (unpaired) electrons. The van der Waals surface area contributed by atoms with Gasteiger partial charge >= 0.3 is 0 Å². The number of anilines is 1. The predicted octanol–water partition coefficient (Wildman–Crippen LogP) is 4.19. The van der Waals surface area contributed by atoms with Gasteiger partial charge in [0.15, 0.2) is 0 Å². The second-order valence-corrected chi connectivity index (χ2v) is 7.77. The van der Waals surface area contributed by atoms with Crippen LogP contribution < -0.4 is 16.0 Å². The van der Waals surface area contributed by atoms with Crippen LogP contribution in [0.2, 0.25) is 0 Å². The Bertz CT molecular complexity index is 804. The van der Waals surface area contributed by atoms with E-state index >= 15 is 0 Å². The molecule has 0 aromatic heterocycles. The first-order valence-corrected chi connectivity index (χ1v) is 9.75. The fourth-order valence-corrected chi connectivity index (χ4v) is 2.92. The van der Waals surface area contributed by atoms with Crippen molar-refractivity contribution >= 4 is 33.4 Å². The first kappa shape index (κ1) is 21.0. The molecule has 0 bridgehead atoms. The van der Waals surface area contributed by atoms with E-state index in [2.05, 4.69) is 31.9 Å². The van der Waals surface area contributed by atoms with Crippen LogP contribution in [0.25, 0.3) is 0 Å². The molecule has 0 heterocycles. The normalized spacial score (nSPS) is 11.8. The molecule has 0 saturated heterocycles. The molecule has 27 heavy (non-hydrogen) atoms. The van der Waals surface area contributed by atoms with Gasteiger partial charge in [0, 0.05) is 21.8 Å². The maximum absolute atomic E-state index is 12.2. The molecule has 2 amide bonds. The minimum absolute atomic E-state index is 0.0735. The summed E-state index contributed by atoms with van der Waals surface area (Å²) in [5.74, 6) is -0.188. The lowest BCUT2D eigenvalue weighted by Gasteiger charge is -2.16. The summed E-state index contributed by atoms with van der Waals surface area (Å²) in [6.45, 7) is 7.88. The molecule has 0 saturated carbocycles. The number of halogens is 1. The number of carbonyl (C=O) groups excluding carboxylic acids is 2. The van der Waals surface area contributed by atoms with Gasteiger partial charge in [-0.3, -0.25) is 9.59 Å². The van der Waals surface area contributed by atoms with Gasteiger partial charge in [-0.2, -0.15) is 0 Å². The summed E-state index contributed by atoms with van der Waals surface area (Å²) in [6.07, 6.45) is 0. The van der Waals surface area contributed by atoms with Crippen LogP contribution in [0, 0.1) is 6.92 Å². The molecule has 0 aliphatic carbocycles. The topological polar surface area (TPSA) is 70.2 Å². The Labute approximate surface area is 169 Å². The lowest BCUT2D eigenvalue weighted by Crippen LogP contribution is -2.32. The average Bonchev–Trinajstić information content (AvgIpc) is 2.60. The highest BCUT2D eigenvalue weighted by atomic mass is 79.9. The standard InChI is InChI=1S/C21H26BrN3O2/c1-13(2)24-21(27)17-7-10-19(14(3)11-17)23-12-20(26)25-15(4)16-5-8-18(22)9-6-16/h5-11,13,15,23H,12H2,1-4H3,(H,24,27)(H,25,26). The van der Waals surface area contributed by atoms with Gasteiger partial charge in [-0.1, -0.05) is 28.1 Å². The quantitative estimate of drug-likeness (QED) is 0.615. The van der Waals surface area contributed by atoms with Crippen molar-refractivity contribution in [3.63, 3.8) is 0 Å². The summed E-state index contributed by atoms with van der Waals surface area (Å²) >= 11 is 3.41. The van der Waals surface area contributed by atoms with Gasteiger partial charge in [-0.25, -0.2) is 0 Å². The van der Waals surface area contributed by atoms with Crippen molar-refractivity contribution in [2.45, 2.75) is 39.8 Å². The van der Waals surface area contributed by atoms with Crippen LogP contribution >= 0.6 is 15.9 Å². The van der Waals surface area contributed by atoms with Crippen LogP contribution in [0.1, 0.15) is 48.3 Å². The molecular formula is C21H26BrN3O2. The van der Waals surface area contributed by atoms with Crippen LogP contribution in [0.3, 0.4) is 0 Å². The van der Waals surface area contributed by atoms with Crippen molar-refractivity contribution in [2.24, 2.45) is 0 Å². The molecule has 1 unspecified atom stereocenters. The Morgan fingerprint density at radius 3 is 2.26 bits per heavy atom. The third-order valence-electron chi connectivity index (χ3n) is 4.10. The highest BCUT2D eigenvalue weighted by Gasteiger charge is 2.11. The summed E-state index contributed by atoms with van der Waals surface area (Å²) in [7, 11) is 0. The molecule has 2 aromatic rings. The lowest BCUT2D eigenvalue weighted by atomic mass is 10.1. The van der Waals surface area contributed by atoms with Gasteiger partial charge in [0.2, 0.25) is 5.91 Å². The molecule has 144 valence electrons. The van der Waals surface area contributed by atoms with Crippen molar-refractivity contribution in [2.75, 3.05) is 11.9 Å². The first-order valence-electron chi connectivity index (χ1n) is 8.96. The number of carbonyl (C=O) groups is 2. The summed E-state index contributed by atoms with van der Waals surface area (Å²) in [5, 5.41) is 8.98. The Hall–Kier alpha value is -2.34. The summed E-state index contributed by atoms with van der Waals surface area (Å²) < 4.78 is 1.01. The van der Waals surface area contributed by atoms with E-state index in [4.69, 9.17) is 0 Å². The second-order valence-electron chi connectivity index (χ2n) is 6.85. The molecule has 2 aromatic carbocycles. The van der Waals surface area contributed by atoms with E-state index in [1.54, 1.807) is 6.07 Å². The molecule has 3 N–H and O–H groups in total. The third kappa shape index (κ3) is 6.40. The fraction of sp³-hybridized carbons (Fsp3) is 0.333. The monoisotopic (exact) mass is 431 g/mol. The molecule has 1 atom stereocenters. The van der Waals surface area contributed by atoms with Gasteiger partial charge in [0.1, 0.15) is 0 Å². The summed E-state index contributed by atoms with van der Waals surface area (Å²) in [6, 6.07) is 13.3. The average molecular weight is 432 g/mol. The van der Waals surface area contributed by atoms with E-state index in [-0.39, 0.29) is 30.4 Å². The molecule has 5 nitrogen and oxygen atoms in total. The largest absolute Gasteiger partial charge is 0.376 e. The van der Waals surface area contributed by atoms with Crippen LogP contribution in [0.15, 0.2) is 46.9 Å². The zero-order chi connectivity index (χ0) is 20.0. The van der Waals surface area contributed by atoms with E-state index in [0.717, 1.165) is 21.3 Å². The Balaban J connectivity index is 1.90. The van der Waals surface area contributed by atoms with Crippen molar-refractivity contribution in [1.82, 2.24) is 10.6 Å². The van der Waals surface area contributed by atoms with E-state index < -0.39 is 0 Å². The molecular weight excluding hydrogens is 406 g/mol. The van der Waals surface area contributed by atoms with Crippen LogP contribution in [0.5, 0.6) is 0 Å². The summed E-state index contributed by atoms with van der Waals surface area (Å²) in [4.78, 5) is 24.3. The van der Waals surface area contributed by atoms with Crippen molar-refractivity contribution in [1.29, 1.82) is 0 Å². The highest BCUT2D eigenvalue weighted by molar-refractivity contribution is 9.10. The number of nitrogens with one attached hydrogen (secondary N) is 3. The van der Waals surface area contributed by atoms with Crippen LogP contribution in [-0.2, 0) is 4.79 Å². The zero-order valence-corrected chi connectivity index (χ0v) is 17.7. The summed E-state index contributed by atoms with van der Waals surface area (Å²) in [5.41, 5.74) is 3.41. The smallest absolute Gasteiger partial charge is 0.251 e. The van der Waals surface area contributed by atoms with Gasteiger partial charge in [-0.15, -0.1) is 0 Å². The minimum atomic E-state index is -0.0966. The Morgan fingerprint density at radius 1 is 1.00 bits per heavy atom. The van der Waals surface area contributed by atoms with E-state index in [0.29, 0.717) is 5.56 Å². The van der Waals surface area contributed by atoms with Crippen LogP contribution in [-0.4, -0.2) is 24.4 Å². The number of amides is 2. The number of hydrogen-bond acceptors (Lipinski definition) is 3. The number of rotatable bonds is 7. The number of hydrogen-bond donors (Lipinski definition) is 3. The molecule has 0 aliphatic rings. The van der Waals surface area contributed by atoms with E-state index in [9.17, 15) is 9.59 Å².